The molecule has 2 aromatic rings. The van der Waals surface area contributed by atoms with E-state index in [-0.39, 0.29) is 5.91 Å². The Hall–Kier alpha value is -1.48. The molecule has 0 aliphatic carbocycles. The maximum atomic E-state index is 11.6. The van der Waals surface area contributed by atoms with Crippen molar-refractivity contribution >= 4 is 28.4 Å². The highest BCUT2D eigenvalue weighted by Gasteiger charge is 2.07. The van der Waals surface area contributed by atoms with Crippen LogP contribution in [0.1, 0.15) is 13.3 Å². The molecule has 0 spiro atoms. The zero-order valence-electron chi connectivity index (χ0n) is 9.74. The monoisotopic (exact) mass is 250 g/mol. The number of aromatic nitrogens is 1. The molecule has 0 radical (unpaired) electrons. The van der Waals surface area contributed by atoms with Crippen LogP contribution in [-0.2, 0) is 11.3 Å². The van der Waals surface area contributed by atoms with Gasteiger partial charge in [-0.2, -0.15) is 0 Å². The Labute approximate surface area is 105 Å². The molecule has 1 N–H and O–H groups in total. The molecule has 0 atom stereocenters. The first kappa shape index (κ1) is 12.0. The smallest absolute Gasteiger partial charge is 0.239 e. The summed E-state index contributed by atoms with van der Waals surface area (Å²) in [6, 6.07) is 7.70. The van der Waals surface area contributed by atoms with Gasteiger partial charge in [0.25, 0.3) is 0 Å². The van der Waals surface area contributed by atoms with Crippen molar-refractivity contribution in [2.45, 2.75) is 19.9 Å². The maximum Gasteiger partial charge on any atom is 0.239 e. The van der Waals surface area contributed by atoms with Crippen LogP contribution in [0.5, 0.6) is 0 Å². The Morgan fingerprint density at radius 2 is 2.24 bits per heavy atom. The topological polar surface area (TPSA) is 34.0 Å². The number of halogens is 1. The van der Waals surface area contributed by atoms with Crippen LogP contribution in [0.25, 0.3) is 10.9 Å². The molecule has 1 heterocycles. The number of fused-ring (bicyclic) bond motifs is 1. The molecule has 0 saturated carbocycles. The van der Waals surface area contributed by atoms with Gasteiger partial charge in [-0.15, -0.1) is 0 Å². The standard InChI is InChI=1S/C13H15ClN2O/c1-2-7-15-12(17)9-16-8-6-10-4-3-5-11(14)13(10)16/h3-6,8H,2,7,9H2,1H3,(H,15,17). The number of amides is 1. The summed E-state index contributed by atoms with van der Waals surface area (Å²) in [6.45, 7) is 3.06. The van der Waals surface area contributed by atoms with Gasteiger partial charge in [-0.3, -0.25) is 4.79 Å². The average Bonchev–Trinajstić information content (AvgIpc) is 2.71. The predicted molar refractivity (Wildman–Crippen MR) is 70.2 cm³/mol. The fraction of sp³-hybridized carbons (Fsp3) is 0.308. The van der Waals surface area contributed by atoms with Gasteiger partial charge in [0.05, 0.1) is 10.5 Å². The van der Waals surface area contributed by atoms with Gasteiger partial charge in [-0.1, -0.05) is 30.7 Å². The predicted octanol–water partition coefficient (Wildman–Crippen LogP) is 2.82. The third kappa shape index (κ3) is 2.61. The fourth-order valence-electron chi connectivity index (χ4n) is 1.82. The highest BCUT2D eigenvalue weighted by molar-refractivity contribution is 6.35. The van der Waals surface area contributed by atoms with Gasteiger partial charge in [0.1, 0.15) is 6.54 Å². The lowest BCUT2D eigenvalue weighted by Gasteiger charge is -2.07. The molecule has 0 aliphatic heterocycles. The van der Waals surface area contributed by atoms with E-state index >= 15 is 0 Å². The Morgan fingerprint density at radius 3 is 3.00 bits per heavy atom. The molecular formula is C13H15ClN2O. The van der Waals surface area contributed by atoms with E-state index in [1.807, 2.05) is 42.0 Å². The van der Waals surface area contributed by atoms with Crippen LogP contribution in [0.3, 0.4) is 0 Å². The van der Waals surface area contributed by atoms with Crippen molar-refractivity contribution in [2.75, 3.05) is 6.54 Å². The maximum absolute atomic E-state index is 11.6. The van der Waals surface area contributed by atoms with Crippen LogP contribution in [0, 0.1) is 0 Å². The third-order valence-electron chi connectivity index (χ3n) is 2.63. The molecule has 0 saturated heterocycles. The molecule has 0 bridgehead atoms. The Balaban J connectivity index is 2.22. The lowest BCUT2D eigenvalue weighted by atomic mass is 10.2. The molecule has 1 aromatic carbocycles. The van der Waals surface area contributed by atoms with Gasteiger partial charge < -0.3 is 9.88 Å². The Morgan fingerprint density at radius 1 is 1.41 bits per heavy atom. The molecule has 0 aliphatic rings. The van der Waals surface area contributed by atoms with Crippen molar-refractivity contribution in [2.24, 2.45) is 0 Å². The summed E-state index contributed by atoms with van der Waals surface area (Å²) >= 11 is 6.14. The zero-order chi connectivity index (χ0) is 12.3. The summed E-state index contributed by atoms with van der Waals surface area (Å²) in [7, 11) is 0. The minimum atomic E-state index is 0.0178. The van der Waals surface area contributed by atoms with E-state index in [1.165, 1.54) is 0 Å². The van der Waals surface area contributed by atoms with E-state index < -0.39 is 0 Å². The zero-order valence-corrected chi connectivity index (χ0v) is 10.5. The van der Waals surface area contributed by atoms with E-state index in [0.717, 1.165) is 17.3 Å². The van der Waals surface area contributed by atoms with Crippen LogP contribution < -0.4 is 5.32 Å². The van der Waals surface area contributed by atoms with Crippen LogP contribution in [0.15, 0.2) is 30.5 Å². The van der Waals surface area contributed by atoms with Crippen molar-refractivity contribution in [1.29, 1.82) is 0 Å². The number of benzene rings is 1. The number of hydrogen-bond acceptors (Lipinski definition) is 1. The SMILES string of the molecule is CCCNC(=O)Cn1ccc2cccc(Cl)c21. The number of rotatable bonds is 4. The second-order valence-electron chi connectivity index (χ2n) is 3.97. The third-order valence-corrected chi connectivity index (χ3v) is 2.93. The summed E-state index contributed by atoms with van der Waals surface area (Å²) in [5, 5.41) is 4.58. The Kier molecular flexibility index (Phi) is 3.69. The van der Waals surface area contributed by atoms with Crippen molar-refractivity contribution < 1.29 is 4.79 Å². The van der Waals surface area contributed by atoms with E-state index in [9.17, 15) is 4.79 Å². The summed E-state index contributed by atoms with van der Waals surface area (Å²) in [5.41, 5.74) is 0.917. The molecule has 17 heavy (non-hydrogen) atoms. The first-order valence-corrected chi connectivity index (χ1v) is 6.10. The van der Waals surface area contributed by atoms with Gasteiger partial charge in [0, 0.05) is 18.1 Å². The average molecular weight is 251 g/mol. The van der Waals surface area contributed by atoms with Crippen molar-refractivity contribution in [3.8, 4) is 0 Å². The number of nitrogens with zero attached hydrogens (tertiary/aromatic N) is 1. The number of carbonyl (C=O) groups excluding carboxylic acids is 1. The second-order valence-corrected chi connectivity index (χ2v) is 4.38. The molecule has 0 fully saturated rings. The van der Waals surface area contributed by atoms with Crippen molar-refractivity contribution in [1.82, 2.24) is 9.88 Å². The minimum Gasteiger partial charge on any atom is -0.355 e. The fourth-order valence-corrected chi connectivity index (χ4v) is 2.11. The van der Waals surface area contributed by atoms with Gasteiger partial charge in [0.15, 0.2) is 0 Å². The lowest BCUT2D eigenvalue weighted by Crippen LogP contribution is -2.27. The normalized spacial score (nSPS) is 10.7. The number of para-hydroxylation sites is 1. The molecule has 1 amide bonds. The highest BCUT2D eigenvalue weighted by Crippen LogP contribution is 2.24. The first-order chi connectivity index (χ1) is 8.22. The molecular weight excluding hydrogens is 236 g/mol. The van der Waals surface area contributed by atoms with E-state index in [1.54, 1.807) is 0 Å². The summed E-state index contributed by atoms with van der Waals surface area (Å²) in [4.78, 5) is 11.6. The van der Waals surface area contributed by atoms with Gasteiger partial charge in [-0.05, 0) is 18.6 Å². The number of carbonyl (C=O) groups is 1. The molecule has 1 aromatic heterocycles. The number of hydrogen-bond donors (Lipinski definition) is 1. The first-order valence-electron chi connectivity index (χ1n) is 5.72. The van der Waals surface area contributed by atoms with Gasteiger partial charge in [0.2, 0.25) is 5.91 Å². The van der Waals surface area contributed by atoms with Crippen LogP contribution >= 0.6 is 11.6 Å². The van der Waals surface area contributed by atoms with E-state index in [2.05, 4.69) is 5.32 Å². The lowest BCUT2D eigenvalue weighted by molar-refractivity contribution is -0.121. The molecule has 90 valence electrons. The largest absolute Gasteiger partial charge is 0.355 e. The quantitative estimate of drug-likeness (QED) is 0.890. The highest BCUT2D eigenvalue weighted by atomic mass is 35.5. The molecule has 0 unspecified atom stereocenters. The summed E-state index contributed by atoms with van der Waals surface area (Å²) < 4.78 is 1.88. The minimum absolute atomic E-state index is 0.0178. The molecule has 4 heteroatoms. The second kappa shape index (κ2) is 5.23. The van der Waals surface area contributed by atoms with E-state index in [4.69, 9.17) is 11.6 Å². The van der Waals surface area contributed by atoms with Crippen LogP contribution in [-0.4, -0.2) is 17.0 Å². The van der Waals surface area contributed by atoms with Crippen molar-refractivity contribution in [3.05, 3.63) is 35.5 Å². The van der Waals surface area contributed by atoms with Crippen LogP contribution in [0.2, 0.25) is 5.02 Å². The molecule has 3 nitrogen and oxygen atoms in total. The summed E-state index contributed by atoms with van der Waals surface area (Å²) in [5.74, 6) is 0.0178. The number of nitrogens with one attached hydrogen (secondary N) is 1. The Bertz CT molecular complexity index is 533. The van der Waals surface area contributed by atoms with Crippen molar-refractivity contribution in [3.63, 3.8) is 0 Å². The van der Waals surface area contributed by atoms with E-state index in [0.29, 0.717) is 18.1 Å². The molecule has 2 rings (SSSR count). The van der Waals surface area contributed by atoms with Crippen LogP contribution in [0.4, 0.5) is 0 Å². The van der Waals surface area contributed by atoms with Gasteiger partial charge in [-0.25, -0.2) is 0 Å². The van der Waals surface area contributed by atoms with Gasteiger partial charge >= 0.3 is 0 Å². The summed E-state index contributed by atoms with van der Waals surface area (Å²) in [6.07, 6.45) is 2.83.